The van der Waals surface area contributed by atoms with Gasteiger partial charge < -0.3 is 4.74 Å². The summed E-state index contributed by atoms with van der Waals surface area (Å²) in [6.45, 7) is 2.22. The van der Waals surface area contributed by atoms with Gasteiger partial charge in [-0.15, -0.1) is 0 Å². The Morgan fingerprint density at radius 1 is 1.50 bits per heavy atom. The maximum absolute atomic E-state index is 11.4. The van der Waals surface area contributed by atoms with Gasteiger partial charge in [-0.25, -0.2) is 0 Å². The molecule has 4 heteroatoms. The summed E-state index contributed by atoms with van der Waals surface area (Å²) in [4.78, 5) is 11.4. The first-order valence-corrected chi connectivity index (χ1v) is 5.27. The molecule has 0 radical (unpaired) electrons. The van der Waals surface area contributed by atoms with Crippen molar-refractivity contribution in [1.29, 1.82) is 0 Å². The number of esters is 1. The summed E-state index contributed by atoms with van der Waals surface area (Å²) in [6, 6.07) is 5.84. The Morgan fingerprint density at radius 3 is 3.06 bits per heavy atom. The van der Waals surface area contributed by atoms with E-state index in [0.29, 0.717) is 13.0 Å². The number of carbonyl (C=O) groups excluding carboxylic acids is 1. The predicted molar refractivity (Wildman–Crippen MR) is 61.1 cm³/mol. The normalized spacial score (nSPS) is 10.6. The van der Waals surface area contributed by atoms with Gasteiger partial charge in [0, 0.05) is 12.4 Å². The van der Waals surface area contributed by atoms with Gasteiger partial charge in [0.1, 0.15) is 0 Å². The summed E-state index contributed by atoms with van der Waals surface area (Å²) in [6.07, 6.45) is 2.09. The predicted octanol–water partition coefficient (Wildman–Crippen LogP) is 1.68. The number of nitrogens with zero attached hydrogens (tertiary/aromatic N) is 2. The monoisotopic (exact) mass is 218 g/mol. The Balaban J connectivity index is 2.36. The van der Waals surface area contributed by atoms with Crippen molar-refractivity contribution in [2.45, 2.75) is 13.3 Å². The first kappa shape index (κ1) is 10.7. The fourth-order valence-corrected chi connectivity index (χ4v) is 1.83. The molecule has 0 spiro atoms. The lowest BCUT2D eigenvalue weighted by molar-refractivity contribution is -0.142. The van der Waals surface area contributed by atoms with Crippen LogP contribution in [0.5, 0.6) is 0 Å². The average molecular weight is 218 g/mol. The van der Waals surface area contributed by atoms with Gasteiger partial charge in [-0.05, 0) is 12.5 Å². The van der Waals surface area contributed by atoms with Gasteiger partial charge >= 0.3 is 5.97 Å². The molecule has 0 N–H and O–H groups in total. The third kappa shape index (κ3) is 1.91. The van der Waals surface area contributed by atoms with Crippen LogP contribution < -0.4 is 0 Å². The molecule has 2 aromatic rings. The molecule has 0 aliphatic rings. The number of hydrogen-bond acceptors (Lipinski definition) is 3. The second kappa shape index (κ2) is 4.35. The van der Waals surface area contributed by atoms with E-state index in [1.807, 2.05) is 32.2 Å². The van der Waals surface area contributed by atoms with Crippen LogP contribution in [0.25, 0.3) is 10.9 Å². The lowest BCUT2D eigenvalue weighted by Crippen LogP contribution is -2.08. The molecule has 0 atom stereocenters. The van der Waals surface area contributed by atoms with Gasteiger partial charge in [0.15, 0.2) is 0 Å². The van der Waals surface area contributed by atoms with Crippen LogP contribution in [0.15, 0.2) is 24.4 Å². The largest absolute Gasteiger partial charge is 0.466 e. The Morgan fingerprint density at radius 2 is 2.31 bits per heavy atom. The van der Waals surface area contributed by atoms with E-state index in [1.54, 1.807) is 10.9 Å². The van der Waals surface area contributed by atoms with Crippen LogP contribution in [-0.4, -0.2) is 22.4 Å². The summed E-state index contributed by atoms with van der Waals surface area (Å²) < 4.78 is 6.72. The molecule has 0 aliphatic carbocycles. The van der Waals surface area contributed by atoms with Crippen LogP contribution in [-0.2, 0) is 23.0 Å². The second-order valence-electron chi connectivity index (χ2n) is 3.60. The van der Waals surface area contributed by atoms with Gasteiger partial charge in [-0.2, -0.15) is 5.10 Å². The fourth-order valence-electron chi connectivity index (χ4n) is 1.83. The minimum Gasteiger partial charge on any atom is -0.466 e. The van der Waals surface area contributed by atoms with Gasteiger partial charge in [0.25, 0.3) is 0 Å². The molecule has 0 amide bonds. The molecule has 4 nitrogen and oxygen atoms in total. The van der Waals surface area contributed by atoms with Crippen LogP contribution in [0.3, 0.4) is 0 Å². The van der Waals surface area contributed by atoms with Crippen molar-refractivity contribution >= 4 is 16.9 Å². The smallest absolute Gasteiger partial charge is 0.310 e. The molecular weight excluding hydrogens is 204 g/mol. The number of ether oxygens (including phenoxy) is 1. The van der Waals surface area contributed by atoms with E-state index in [1.165, 1.54) is 0 Å². The zero-order valence-corrected chi connectivity index (χ0v) is 9.43. The number of hydrogen-bond donors (Lipinski definition) is 0. The summed E-state index contributed by atoms with van der Waals surface area (Å²) in [5.41, 5.74) is 1.95. The van der Waals surface area contributed by atoms with E-state index in [4.69, 9.17) is 4.74 Å². The third-order valence-corrected chi connectivity index (χ3v) is 2.48. The molecule has 0 saturated heterocycles. The third-order valence-electron chi connectivity index (χ3n) is 2.48. The van der Waals surface area contributed by atoms with E-state index < -0.39 is 0 Å². The number of rotatable bonds is 3. The Kier molecular flexibility index (Phi) is 2.90. The molecule has 0 aliphatic heterocycles. The molecule has 16 heavy (non-hydrogen) atoms. The molecule has 0 saturated carbocycles. The highest BCUT2D eigenvalue weighted by atomic mass is 16.5. The summed E-state index contributed by atoms with van der Waals surface area (Å²) in [5.74, 6) is -0.198. The van der Waals surface area contributed by atoms with E-state index in [2.05, 4.69) is 5.10 Å². The topological polar surface area (TPSA) is 44.1 Å². The average Bonchev–Trinajstić information content (AvgIpc) is 2.62. The number of fused-ring (bicyclic) bond motifs is 1. The van der Waals surface area contributed by atoms with E-state index in [-0.39, 0.29) is 5.97 Å². The lowest BCUT2D eigenvalue weighted by atomic mass is 10.1. The molecule has 0 bridgehead atoms. The fraction of sp³-hybridized carbons (Fsp3) is 0.333. The van der Waals surface area contributed by atoms with Crippen molar-refractivity contribution in [3.8, 4) is 0 Å². The van der Waals surface area contributed by atoms with Crippen LogP contribution in [0.2, 0.25) is 0 Å². The number of benzene rings is 1. The van der Waals surface area contributed by atoms with Crippen molar-refractivity contribution < 1.29 is 9.53 Å². The van der Waals surface area contributed by atoms with Crippen molar-refractivity contribution in [3.63, 3.8) is 0 Å². The highest BCUT2D eigenvalue weighted by molar-refractivity contribution is 5.86. The first-order chi connectivity index (χ1) is 7.72. The number of para-hydroxylation sites is 1. The summed E-state index contributed by atoms with van der Waals surface area (Å²) >= 11 is 0. The summed E-state index contributed by atoms with van der Waals surface area (Å²) in [7, 11) is 1.87. The zero-order chi connectivity index (χ0) is 11.5. The highest BCUT2D eigenvalue weighted by Crippen LogP contribution is 2.18. The standard InChI is InChI=1S/C12H14N2O2/c1-3-16-11(15)7-9-5-4-6-10-8-13-14(2)12(9)10/h4-6,8H,3,7H2,1-2H3. The number of aromatic nitrogens is 2. The van der Waals surface area contributed by atoms with Crippen molar-refractivity contribution in [1.82, 2.24) is 9.78 Å². The minimum absolute atomic E-state index is 0.198. The van der Waals surface area contributed by atoms with Crippen LogP contribution >= 0.6 is 0 Å². The van der Waals surface area contributed by atoms with Crippen LogP contribution in [0.1, 0.15) is 12.5 Å². The summed E-state index contributed by atoms with van der Waals surface area (Å²) in [5, 5.41) is 5.22. The molecule has 1 aromatic carbocycles. The molecular formula is C12H14N2O2. The number of carbonyl (C=O) groups is 1. The van der Waals surface area contributed by atoms with Gasteiger partial charge in [-0.1, -0.05) is 18.2 Å². The highest BCUT2D eigenvalue weighted by Gasteiger charge is 2.10. The van der Waals surface area contributed by atoms with Gasteiger partial charge in [-0.3, -0.25) is 9.48 Å². The van der Waals surface area contributed by atoms with E-state index >= 15 is 0 Å². The second-order valence-corrected chi connectivity index (χ2v) is 3.60. The Hall–Kier alpha value is -1.84. The molecule has 1 aromatic heterocycles. The van der Waals surface area contributed by atoms with Crippen molar-refractivity contribution in [2.75, 3.05) is 6.61 Å². The molecule has 1 heterocycles. The van der Waals surface area contributed by atoms with Crippen LogP contribution in [0.4, 0.5) is 0 Å². The minimum atomic E-state index is -0.198. The zero-order valence-electron chi connectivity index (χ0n) is 9.43. The molecule has 84 valence electrons. The Bertz CT molecular complexity index is 517. The lowest BCUT2D eigenvalue weighted by Gasteiger charge is -2.04. The van der Waals surface area contributed by atoms with Crippen molar-refractivity contribution in [3.05, 3.63) is 30.0 Å². The first-order valence-electron chi connectivity index (χ1n) is 5.27. The number of aryl methyl sites for hydroxylation is 1. The van der Waals surface area contributed by atoms with Crippen molar-refractivity contribution in [2.24, 2.45) is 7.05 Å². The molecule has 0 fully saturated rings. The van der Waals surface area contributed by atoms with Crippen LogP contribution in [0, 0.1) is 0 Å². The van der Waals surface area contributed by atoms with E-state index in [0.717, 1.165) is 16.5 Å². The molecule has 0 unspecified atom stereocenters. The Labute approximate surface area is 93.8 Å². The van der Waals surface area contributed by atoms with Gasteiger partial charge in [0.05, 0.1) is 24.7 Å². The maximum Gasteiger partial charge on any atom is 0.310 e. The van der Waals surface area contributed by atoms with Gasteiger partial charge in [0.2, 0.25) is 0 Å². The molecule has 2 rings (SSSR count). The van der Waals surface area contributed by atoms with E-state index in [9.17, 15) is 4.79 Å². The maximum atomic E-state index is 11.4. The quantitative estimate of drug-likeness (QED) is 0.736. The SMILES string of the molecule is CCOC(=O)Cc1cccc2cnn(C)c12.